The summed E-state index contributed by atoms with van der Waals surface area (Å²) in [4.78, 5) is 0.872. The average Bonchev–Trinajstić information content (AvgIpc) is 2.62. The van der Waals surface area contributed by atoms with Crippen LogP contribution in [0.1, 0.15) is 38.5 Å². The lowest BCUT2D eigenvalue weighted by molar-refractivity contribution is 0.475. The van der Waals surface area contributed by atoms with Gasteiger partial charge in [-0.25, -0.2) is 0 Å². The highest BCUT2D eigenvalue weighted by Gasteiger charge is 2.19. The van der Waals surface area contributed by atoms with Crippen molar-refractivity contribution in [3.63, 3.8) is 0 Å². The first kappa shape index (κ1) is 14.6. The summed E-state index contributed by atoms with van der Waals surface area (Å²) in [6.45, 7) is 0. The van der Waals surface area contributed by atoms with Crippen molar-refractivity contribution >= 4 is 46.6 Å². The number of phenols is 1. The topological polar surface area (TPSA) is 20.2 Å². The molecule has 18 heavy (non-hydrogen) atoms. The van der Waals surface area contributed by atoms with E-state index in [0.29, 0.717) is 10.3 Å². The molecule has 0 amide bonds. The van der Waals surface area contributed by atoms with E-state index in [9.17, 15) is 5.11 Å². The minimum absolute atomic E-state index is 0.131. The first-order chi connectivity index (χ1) is 8.59. The van der Waals surface area contributed by atoms with Crippen molar-refractivity contribution < 1.29 is 5.11 Å². The Bertz CT molecular complexity index is 429. The van der Waals surface area contributed by atoms with Crippen molar-refractivity contribution in [3.05, 3.63) is 21.1 Å². The second kappa shape index (κ2) is 6.60. The molecule has 1 fully saturated rings. The monoisotopic (exact) mass is 324 g/mol. The maximum Gasteiger partial charge on any atom is 0.154 e. The van der Waals surface area contributed by atoms with E-state index in [1.807, 2.05) is 0 Å². The Labute approximate surface area is 127 Å². The standard InChI is InChI=1S/C13H15Cl3OS/c14-9-7-10(11(15)12(16)13(9)17)18-8-5-3-1-2-4-6-8/h7-8,17H,1-6H2. The Morgan fingerprint density at radius 3 is 2.22 bits per heavy atom. The summed E-state index contributed by atoms with van der Waals surface area (Å²) in [6.07, 6.45) is 7.60. The highest BCUT2D eigenvalue weighted by atomic mass is 35.5. The second-order valence-electron chi connectivity index (χ2n) is 4.56. The van der Waals surface area contributed by atoms with Gasteiger partial charge < -0.3 is 5.11 Å². The lowest BCUT2D eigenvalue weighted by Crippen LogP contribution is -2.00. The predicted molar refractivity (Wildman–Crippen MR) is 80.5 cm³/mol. The van der Waals surface area contributed by atoms with E-state index >= 15 is 0 Å². The fourth-order valence-corrected chi connectivity index (χ4v) is 4.36. The third-order valence-electron chi connectivity index (χ3n) is 3.20. The van der Waals surface area contributed by atoms with Crippen LogP contribution in [0.2, 0.25) is 15.1 Å². The number of aromatic hydroxyl groups is 1. The van der Waals surface area contributed by atoms with Crippen LogP contribution in [-0.4, -0.2) is 10.4 Å². The summed E-state index contributed by atoms with van der Waals surface area (Å²) in [5.74, 6) is -0.131. The summed E-state index contributed by atoms with van der Waals surface area (Å²) < 4.78 is 0. The van der Waals surface area contributed by atoms with Gasteiger partial charge in [-0.3, -0.25) is 0 Å². The molecule has 0 atom stereocenters. The van der Waals surface area contributed by atoms with E-state index in [1.165, 1.54) is 38.5 Å². The Morgan fingerprint density at radius 1 is 1.00 bits per heavy atom. The van der Waals surface area contributed by atoms with Gasteiger partial charge in [0.15, 0.2) is 5.75 Å². The van der Waals surface area contributed by atoms with E-state index in [1.54, 1.807) is 17.8 Å². The molecule has 0 aliphatic heterocycles. The van der Waals surface area contributed by atoms with Gasteiger partial charge in [0.2, 0.25) is 0 Å². The van der Waals surface area contributed by atoms with E-state index in [-0.39, 0.29) is 15.8 Å². The summed E-state index contributed by atoms with van der Waals surface area (Å²) in [6, 6.07) is 1.71. The summed E-state index contributed by atoms with van der Waals surface area (Å²) in [5, 5.41) is 11.0. The summed E-state index contributed by atoms with van der Waals surface area (Å²) in [5.41, 5.74) is 0. The van der Waals surface area contributed by atoms with Crippen molar-refractivity contribution in [2.75, 3.05) is 0 Å². The number of hydrogen-bond acceptors (Lipinski definition) is 2. The summed E-state index contributed by atoms with van der Waals surface area (Å²) >= 11 is 19.8. The van der Waals surface area contributed by atoms with Gasteiger partial charge in [0, 0.05) is 10.1 Å². The highest BCUT2D eigenvalue weighted by Crippen LogP contribution is 2.45. The molecule has 2 rings (SSSR count). The van der Waals surface area contributed by atoms with Gasteiger partial charge in [-0.1, -0.05) is 60.5 Å². The Morgan fingerprint density at radius 2 is 1.61 bits per heavy atom. The van der Waals surface area contributed by atoms with Crippen molar-refractivity contribution in [2.45, 2.75) is 48.7 Å². The first-order valence-corrected chi connectivity index (χ1v) is 8.14. The largest absolute Gasteiger partial charge is 0.505 e. The van der Waals surface area contributed by atoms with Crippen LogP contribution < -0.4 is 0 Å². The SMILES string of the molecule is Oc1c(Cl)cc(SC2CCCCCC2)c(Cl)c1Cl. The molecule has 1 aliphatic carbocycles. The highest BCUT2D eigenvalue weighted by molar-refractivity contribution is 8.00. The van der Waals surface area contributed by atoms with Crippen LogP contribution in [0.3, 0.4) is 0 Å². The molecule has 100 valence electrons. The number of phenolic OH excluding ortho intramolecular Hbond substituents is 1. The van der Waals surface area contributed by atoms with Crippen LogP contribution in [0.5, 0.6) is 5.75 Å². The van der Waals surface area contributed by atoms with Gasteiger partial charge in [0.05, 0.1) is 10.0 Å². The van der Waals surface area contributed by atoms with Crippen molar-refractivity contribution in [1.29, 1.82) is 0 Å². The van der Waals surface area contributed by atoms with Gasteiger partial charge in [0.25, 0.3) is 0 Å². The van der Waals surface area contributed by atoms with Crippen LogP contribution in [0, 0.1) is 0 Å². The summed E-state index contributed by atoms with van der Waals surface area (Å²) in [7, 11) is 0. The number of benzene rings is 1. The molecule has 0 aromatic heterocycles. The van der Waals surface area contributed by atoms with Crippen molar-refractivity contribution in [3.8, 4) is 5.75 Å². The molecule has 1 aromatic rings. The van der Waals surface area contributed by atoms with Crippen LogP contribution >= 0.6 is 46.6 Å². The first-order valence-electron chi connectivity index (χ1n) is 6.12. The molecular formula is C13H15Cl3OS. The lowest BCUT2D eigenvalue weighted by Gasteiger charge is -2.16. The van der Waals surface area contributed by atoms with Gasteiger partial charge in [-0.15, -0.1) is 11.8 Å². The molecule has 1 N–H and O–H groups in total. The van der Waals surface area contributed by atoms with Gasteiger partial charge in [-0.2, -0.15) is 0 Å². The molecule has 0 spiro atoms. The number of hydrogen-bond donors (Lipinski definition) is 1. The van der Waals surface area contributed by atoms with E-state index in [0.717, 1.165) is 4.90 Å². The maximum absolute atomic E-state index is 9.60. The second-order valence-corrected chi connectivity index (χ2v) is 7.07. The van der Waals surface area contributed by atoms with Crippen LogP contribution in [0.4, 0.5) is 0 Å². The van der Waals surface area contributed by atoms with Crippen LogP contribution in [0.25, 0.3) is 0 Å². The molecule has 1 nitrogen and oxygen atoms in total. The smallest absolute Gasteiger partial charge is 0.154 e. The molecule has 1 saturated carbocycles. The maximum atomic E-state index is 9.60. The zero-order chi connectivity index (χ0) is 13.1. The average molecular weight is 326 g/mol. The molecule has 1 aromatic carbocycles. The van der Waals surface area contributed by atoms with Crippen molar-refractivity contribution in [2.24, 2.45) is 0 Å². The zero-order valence-electron chi connectivity index (χ0n) is 9.89. The lowest BCUT2D eigenvalue weighted by atomic mass is 10.2. The third kappa shape index (κ3) is 3.41. The molecular weight excluding hydrogens is 311 g/mol. The number of halogens is 3. The molecule has 0 radical (unpaired) electrons. The van der Waals surface area contributed by atoms with E-state index < -0.39 is 0 Å². The Hall–Kier alpha value is 0.240. The minimum atomic E-state index is -0.131. The number of rotatable bonds is 2. The quantitative estimate of drug-likeness (QED) is 0.518. The van der Waals surface area contributed by atoms with Crippen LogP contribution in [0.15, 0.2) is 11.0 Å². The fraction of sp³-hybridized carbons (Fsp3) is 0.538. The zero-order valence-corrected chi connectivity index (χ0v) is 13.0. The molecule has 0 saturated heterocycles. The molecule has 5 heteroatoms. The molecule has 0 bridgehead atoms. The van der Waals surface area contributed by atoms with Gasteiger partial charge in [-0.05, 0) is 18.9 Å². The molecule has 1 aliphatic rings. The molecule has 0 heterocycles. The van der Waals surface area contributed by atoms with Gasteiger partial charge >= 0.3 is 0 Å². The van der Waals surface area contributed by atoms with Crippen molar-refractivity contribution in [1.82, 2.24) is 0 Å². The Balaban J connectivity index is 2.18. The third-order valence-corrected chi connectivity index (χ3v) is 5.83. The van der Waals surface area contributed by atoms with Crippen LogP contribution in [-0.2, 0) is 0 Å². The minimum Gasteiger partial charge on any atom is -0.505 e. The van der Waals surface area contributed by atoms with E-state index in [4.69, 9.17) is 34.8 Å². The number of thioether (sulfide) groups is 1. The van der Waals surface area contributed by atoms with Gasteiger partial charge in [0.1, 0.15) is 5.02 Å². The fourth-order valence-electron chi connectivity index (χ4n) is 2.19. The molecule has 0 unspecified atom stereocenters. The normalized spacial score (nSPS) is 17.7. The predicted octanol–water partition coefficient (Wildman–Crippen LogP) is 6.17. The van der Waals surface area contributed by atoms with E-state index in [2.05, 4.69) is 0 Å². The Kier molecular flexibility index (Phi) is 5.37.